The number of anilines is 1. The van der Waals surface area contributed by atoms with E-state index in [1.807, 2.05) is 42.5 Å². The lowest BCUT2D eigenvalue weighted by molar-refractivity contribution is 0.0951. The van der Waals surface area contributed by atoms with Crippen LogP contribution < -0.4 is 9.62 Å². The normalized spacial score (nSPS) is 11.5. The molecule has 1 amide bonds. The van der Waals surface area contributed by atoms with E-state index in [-0.39, 0.29) is 18.1 Å². The molecule has 4 aromatic carbocycles. The van der Waals surface area contributed by atoms with Crippen molar-refractivity contribution in [2.45, 2.75) is 13.1 Å². The van der Waals surface area contributed by atoms with E-state index in [2.05, 4.69) is 5.32 Å². The number of benzene rings is 4. The van der Waals surface area contributed by atoms with Crippen molar-refractivity contribution in [2.24, 2.45) is 0 Å². The molecule has 0 radical (unpaired) electrons. The van der Waals surface area contributed by atoms with Crippen molar-refractivity contribution in [3.63, 3.8) is 0 Å². The predicted octanol–water partition coefficient (Wildman–Crippen LogP) is 4.72. The van der Waals surface area contributed by atoms with Gasteiger partial charge in [-0.2, -0.15) is 12.7 Å². The van der Waals surface area contributed by atoms with Crippen LogP contribution in [0.4, 0.5) is 10.1 Å². The van der Waals surface area contributed by atoms with Crippen LogP contribution in [-0.2, 0) is 23.3 Å². The minimum absolute atomic E-state index is 0.0434. The third kappa shape index (κ3) is 5.34. The number of amides is 1. The Bertz CT molecular complexity index is 1450. The van der Waals surface area contributed by atoms with Gasteiger partial charge in [-0.3, -0.25) is 9.10 Å². The standard InChI is InChI=1S/C27H26FN3O3S/c1-30(2)35(33,34)31(26-13-6-5-12-25(26)28)19-20-14-16-22(17-15-20)27(32)29-18-23-10-7-9-21-8-3-4-11-24(21)23/h3-17H,18-19H2,1-2H3,(H,29,32). The molecule has 0 aliphatic carbocycles. The number of nitrogens with one attached hydrogen (secondary N) is 1. The van der Waals surface area contributed by atoms with E-state index >= 15 is 0 Å². The zero-order chi connectivity index (χ0) is 25.0. The molecule has 8 heteroatoms. The molecule has 0 aliphatic rings. The maximum Gasteiger partial charge on any atom is 0.303 e. The largest absolute Gasteiger partial charge is 0.348 e. The average Bonchev–Trinajstić information content (AvgIpc) is 2.86. The summed E-state index contributed by atoms with van der Waals surface area (Å²) in [5.74, 6) is -0.876. The predicted molar refractivity (Wildman–Crippen MR) is 137 cm³/mol. The highest BCUT2D eigenvalue weighted by atomic mass is 32.2. The van der Waals surface area contributed by atoms with Crippen LogP contribution in [0.5, 0.6) is 0 Å². The van der Waals surface area contributed by atoms with Gasteiger partial charge in [0, 0.05) is 26.2 Å². The fourth-order valence-electron chi connectivity index (χ4n) is 3.79. The van der Waals surface area contributed by atoms with Gasteiger partial charge < -0.3 is 5.32 Å². The van der Waals surface area contributed by atoms with Gasteiger partial charge in [0.1, 0.15) is 5.82 Å². The van der Waals surface area contributed by atoms with Crippen LogP contribution >= 0.6 is 0 Å². The number of para-hydroxylation sites is 1. The van der Waals surface area contributed by atoms with Crippen LogP contribution in [0.15, 0.2) is 91.0 Å². The number of carbonyl (C=O) groups is 1. The van der Waals surface area contributed by atoms with E-state index in [0.717, 1.165) is 24.9 Å². The molecule has 4 aromatic rings. The molecular weight excluding hydrogens is 465 g/mol. The fourth-order valence-corrected chi connectivity index (χ4v) is 4.90. The lowest BCUT2D eigenvalue weighted by Crippen LogP contribution is -2.40. The van der Waals surface area contributed by atoms with Crippen LogP contribution in [0.3, 0.4) is 0 Å². The molecule has 0 unspecified atom stereocenters. The summed E-state index contributed by atoms with van der Waals surface area (Å²) in [6, 6.07) is 26.3. The van der Waals surface area contributed by atoms with Crippen molar-refractivity contribution in [2.75, 3.05) is 18.4 Å². The Labute approximate surface area is 204 Å². The third-order valence-corrected chi connectivity index (χ3v) is 7.53. The average molecular weight is 492 g/mol. The minimum Gasteiger partial charge on any atom is -0.348 e. The van der Waals surface area contributed by atoms with Gasteiger partial charge in [-0.05, 0) is 46.2 Å². The number of nitrogens with zero attached hydrogens (tertiary/aromatic N) is 2. The summed E-state index contributed by atoms with van der Waals surface area (Å²) in [4.78, 5) is 12.7. The lowest BCUT2D eigenvalue weighted by Gasteiger charge is -2.27. The summed E-state index contributed by atoms with van der Waals surface area (Å²) < 4.78 is 42.3. The van der Waals surface area contributed by atoms with E-state index in [9.17, 15) is 17.6 Å². The Kier molecular flexibility index (Phi) is 7.14. The fraction of sp³-hybridized carbons (Fsp3) is 0.148. The van der Waals surface area contributed by atoms with E-state index in [1.54, 1.807) is 30.3 Å². The highest BCUT2D eigenvalue weighted by molar-refractivity contribution is 7.90. The van der Waals surface area contributed by atoms with Crippen molar-refractivity contribution in [3.05, 3.63) is 114 Å². The molecule has 0 bridgehead atoms. The second-order valence-corrected chi connectivity index (χ2v) is 10.3. The molecule has 0 atom stereocenters. The lowest BCUT2D eigenvalue weighted by atomic mass is 10.0. The summed E-state index contributed by atoms with van der Waals surface area (Å²) in [6.07, 6.45) is 0. The smallest absolute Gasteiger partial charge is 0.303 e. The van der Waals surface area contributed by atoms with Gasteiger partial charge in [0.05, 0.1) is 12.2 Å². The molecule has 0 saturated heterocycles. The minimum atomic E-state index is -3.95. The molecular formula is C27H26FN3O3S. The zero-order valence-corrected chi connectivity index (χ0v) is 20.3. The summed E-state index contributed by atoms with van der Waals surface area (Å²) in [5, 5.41) is 5.13. The Morgan fingerprint density at radius 3 is 2.23 bits per heavy atom. The van der Waals surface area contributed by atoms with E-state index < -0.39 is 16.0 Å². The summed E-state index contributed by atoms with van der Waals surface area (Å²) in [6.45, 7) is 0.295. The maximum atomic E-state index is 14.5. The molecule has 4 rings (SSSR count). The summed E-state index contributed by atoms with van der Waals surface area (Å²) >= 11 is 0. The van der Waals surface area contributed by atoms with Crippen LogP contribution in [0.25, 0.3) is 10.8 Å². The first-order chi connectivity index (χ1) is 16.8. The first-order valence-electron chi connectivity index (χ1n) is 11.1. The summed E-state index contributed by atoms with van der Waals surface area (Å²) in [5.41, 5.74) is 2.03. The molecule has 0 heterocycles. The van der Waals surface area contributed by atoms with Gasteiger partial charge in [-0.25, -0.2) is 4.39 Å². The van der Waals surface area contributed by atoms with Crippen LogP contribution in [0, 0.1) is 5.82 Å². The van der Waals surface area contributed by atoms with Crippen LogP contribution in [0.2, 0.25) is 0 Å². The summed E-state index contributed by atoms with van der Waals surface area (Å²) in [7, 11) is -1.16. The molecule has 0 fully saturated rings. The van der Waals surface area contributed by atoms with Crippen molar-refractivity contribution >= 4 is 32.6 Å². The molecule has 1 N–H and O–H groups in total. The maximum absolute atomic E-state index is 14.5. The highest BCUT2D eigenvalue weighted by Gasteiger charge is 2.27. The van der Waals surface area contributed by atoms with Crippen molar-refractivity contribution in [1.82, 2.24) is 9.62 Å². The molecule has 0 aromatic heterocycles. The van der Waals surface area contributed by atoms with Crippen molar-refractivity contribution in [3.8, 4) is 0 Å². The number of hydrogen-bond donors (Lipinski definition) is 1. The molecule has 0 aliphatic heterocycles. The quantitative estimate of drug-likeness (QED) is 0.388. The second-order valence-electron chi connectivity index (χ2n) is 8.27. The Morgan fingerprint density at radius 2 is 1.51 bits per heavy atom. The number of halogens is 1. The van der Waals surface area contributed by atoms with E-state index in [1.165, 1.54) is 32.3 Å². The number of fused-ring (bicyclic) bond motifs is 1. The second kappa shape index (κ2) is 10.2. The highest BCUT2D eigenvalue weighted by Crippen LogP contribution is 2.25. The van der Waals surface area contributed by atoms with Gasteiger partial charge in [-0.15, -0.1) is 0 Å². The number of carbonyl (C=O) groups excluding carboxylic acids is 1. The van der Waals surface area contributed by atoms with Gasteiger partial charge in [0.25, 0.3) is 5.91 Å². The molecule has 35 heavy (non-hydrogen) atoms. The Hall–Kier alpha value is -3.75. The van der Waals surface area contributed by atoms with E-state index in [4.69, 9.17) is 0 Å². The van der Waals surface area contributed by atoms with Crippen LogP contribution in [-0.4, -0.2) is 32.7 Å². The molecule has 0 saturated carbocycles. The number of hydrogen-bond acceptors (Lipinski definition) is 3. The molecule has 0 spiro atoms. The van der Waals surface area contributed by atoms with Crippen LogP contribution in [0.1, 0.15) is 21.5 Å². The van der Waals surface area contributed by atoms with Gasteiger partial charge in [0.2, 0.25) is 0 Å². The van der Waals surface area contributed by atoms with Gasteiger partial charge in [0.15, 0.2) is 0 Å². The molecule has 6 nitrogen and oxygen atoms in total. The van der Waals surface area contributed by atoms with Gasteiger partial charge in [-0.1, -0.05) is 66.7 Å². The third-order valence-electron chi connectivity index (χ3n) is 5.72. The number of rotatable bonds is 8. The van der Waals surface area contributed by atoms with Crippen molar-refractivity contribution < 1.29 is 17.6 Å². The van der Waals surface area contributed by atoms with E-state index in [0.29, 0.717) is 17.7 Å². The SMILES string of the molecule is CN(C)S(=O)(=O)N(Cc1ccc(C(=O)NCc2cccc3ccccc23)cc1)c1ccccc1F. The van der Waals surface area contributed by atoms with Crippen molar-refractivity contribution in [1.29, 1.82) is 0 Å². The topological polar surface area (TPSA) is 69.7 Å². The first kappa shape index (κ1) is 24.4. The van der Waals surface area contributed by atoms with Gasteiger partial charge >= 0.3 is 10.2 Å². The zero-order valence-electron chi connectivity index (χ0n) is 19.5. The Morgan fingerprint density at radius 1 is 0.857 bits per heavy atom. The molecule has 180 valence electrons. The Balaban J connectivity index is 1.50. The first-order valence-corrected chi connectivity index (χ1v) is 12.5. The monoisotopic (exact) mass is 491 g/mol.